The van der Waals surface area contributed by atoms with E-state index in [0.717, 1.165) is 21.6 Å². The van der Waals surface area contributed by atoms with E-state index in [1.165, 1.54) is 18.3 Å². The number of nitrogens with one attached hydrogen (secondary N) is 1. The fraction of sp³-hybridized carbons (Fsp3) is 0.100. The summed E-state index contributed by atoms with van der Waals surface area (Å²) >= 11 is 1.62. The van der Waals surface area contributed by atoms with Gasteiger partial charge in [-0.05, 0) is 59.3 Å². The topological polar surface area (TPSA) is 42.0 Å². The molecule has 3 nitrogen and oxygen atoms in total. The molecule has 3 aromatic rings. The quantitative estimate of drug-likeness (QED) is 0.686. The molecule has 0 saturated carbocycles. The number of carbonyl (C=O) groups is 1. The zero-order valence-electron chi connectivity index (χ0n) is 13.7. The number of rotatable bonds is 5. The SMILES string of the molecule is CSc1ccc(CNC(=O)c2cccnc2)c(-c2cccc(F)c2)c1. The number of nitrogens with zero attached hydrogens (tertiary/aromatic N) is 1. The molecule has 1 N–H and O–H groups in total. The molecule has 0 atom stereocenters. The zero-order chi connectivity index (χ0) is 17.6. The van der Waals surface area contributed by atoms with E-state index in [-0.39, 0.29) is 11.7 Å². The van der Waals surface area contributed by atoms with Gasteiger partial charge in [0.2, 0.25) is 0 Å². The van der Waals surface area contributed by atoms with E-state index in [0.29, 0.717) is 12.1 Å². The number of carbonyl (C=O) groups excluding carboxylic acids is 1. The molecular formula is C20H17FN2OS. The smallest absolute Gasteiger partial charge is 0.253 e. The van der Waals surface area contributed by atoms with Crippen molar-refractivity contribution in [2.45, 2.75) is 11.4 Å². The van der Waals surface area contributed by atoms with Gasteiger partial charge in [0.05, 0.1) is 5.56 Å². The van der Waals surface area contributed by atoms with Crippen LogP contribution in [0.5, 0.6) is 0 Å². The summed E-state index contributed by atoms with van der Waals surface area (Å²) in [6.45, 7) is 0.355. The largest absolute Gasteiger partial charge is 0.348 e. The molecule has 1 heterocycles. The first-order chi connectivity index (χ1) is 12.2. The van der Waals surface area contributed by atoms with Gasteiger partial charge in [-0.3, -0.25) is 9.78 Å². The Morgan fingerprint density at radius 3 is 2.76 bits per heavy atom. The number of hydrogen-bond acceptors (Lipinski definition) is 3. The van der Waals surface area contributed by atoms with Gasteiger partial charge in [0.1, 0.15) is 5.82 Å². The third-order valence-corrected chi connectivity index (χ3v) is 4.54. The summed E-state index contributed by atoms with van der Waals surface area (Å²) in [4.78, 5) is 17.3. The Balaban J connectivity index is 1.87. The van der Waals surface area contributed by atoms with Gasteiger partial charge in [0.15, 0.2) is 0 Å². The molecule has 0 fully saturated rings. The molecule has 0 radical (unpaired) electrons. The molecule has 0 unspecified atom stereocenters. The lowest BCUT2D eigenvalue weighted by Gasteiger charge is -2.13. The second kappa shape index (κ2) is 7.94. The van der Waals surface area contributed by atoms with Crippen LogP contribution < -0.4 is 5.32 Å². The number of amides is 1. The molecule has 5 heteroatoms. The molecular weight excluding hydrogens is 335 g/mol. The van der Waals surface area contributed by atoms with Gasteiger partial charge in [-0.25, -0.2) is 4.39 Å². The number of hydrogen-bond donors (Lipinski definition) is 1. The van der Waals surface area contributed by atoms with Crippen molar-refractivity contribution < 1.29 is 9.18 Å². The molecule has 1 amide bonds. The van der Waals surface area contributed by atoms with E-state index in [1.807, 2.05) is 30.5 Å². The Bertz CT molecular complexity index is 884. The third kappa shape index (κ3) is 4.25. The van der Waals surface area contributed by atoms with E-state index in [1.54, 1.807) is 36.2 Å². The van der Waals surface area contributed by atoms with Crippen LogP contribution in [0.4, 0.5) is 4.39 Å². The lowest BCUT2D eigenvalue weighted by atomic mass is 9.99. The van der Waals surface area contributed by atoms with Crippen molar-refractivity contribution in [1.29, 1.82) is 0 Å². The number of halogens is 1. The summed E-state index contributed by atoms with van der Waals surface area (Å²) in [6.07, 6.45) is 5.15. The fourth-order valence-corrected chi connectivity index (χ4v) is 2.98. The molecule has 0 aliphatic carbocycles. The molecule has 2 aromatic carbocycles. The van der Waals surface area contributed by atoms with Crippen LogP contribution in [0.1, 0.15) is 15.9 Å². The highest BCUT2D eigenvalue weighted by atomic mass is 32.2. The van der Waals surface area contributed by atoms with Gasteiger partial charge in [-0.15, -0.1) is 11.8 Å². The zero-order valence-corrected chi connectivity index (χ0v) is 14.5. The number of thioether (sulfide) groups is 1. The molecule has 3 rings (SSSR count). The maximum atomic E-state index is 13.6. The normalized spacial score (nSPS) is 10.5. The van der Waals surface area contributed by atoms with Crippen molar-refractivity contribution in [1.82, 2.24) is 10.3 Å². The highest BCUT2D eigenvalue weighted by Crippen LogP contribution is 2.29. The predicted octanol–water partition coefficient (Wildman–Crippen LogP) is 4.54. The predicted molar refractivity (Wildman–Crippen MR) is 99.0 cm³/mol. The average Bonchev–Trinajstić information content (AvgIpc) is 2.66. The number of benzene rings is 2. The van der Waals surface area contributed by atoms with Gasteiger partial charge in [0.25, 0.3) is 5.91 Å². The monoisotopic (exact) mass is 352 g/mol. The van der Waals surface area contributed by atoms with E-state index in [4.69, 9.17) is 0 Å². The first kappa shape index (κ1) is 17.2. The highest BCUT2D eigenvalue weighted by Gasteiger charge is 2.10. The Kier molecular flexibility index (Phi) is 5.46. The van der Waals surface area contributed by atoms with Crippen LogP contribution in [-0.4, -0.2) is 17.1 Å². The maximum absolute atomic E-state index is 13.6. The first-order valence-corrected chi connectivity index (χ1v) is 9.01. The lowest BCUT2D eigenvalue weighted by molar-refractivity contribution is 0.0950. The summed E-state index contributed by atoms with van der Waals surface area (Å²) in [6, 6.07) is 15.9. The molecule has 1 aromatic heterocycles. The number of pyridine rings is 1. The van der Waals surface area contributed by atoms with Gasteiger partial charge in [-0.1, -0.05) is 18.2 Å². The molecule has 25 heavy (non-hydrogen) atoms. The standard InChI is InChI=1S/C20H17FN2OS/c1-25-18-8-7-15(13-23-20(24)16-5-3-9-22-12-16)19(11-18)14-4-2-6-17(21)10-14/h2-12H,13H2,1H3,(H,23,24). The molecule has 0 bridgehead atoms. The third-order valence-electron chi connectivity index (χ3n) is 3.82. The highest BCUT2D eigenvalue weighted by molar-refractivity contribution is 7.98. The Labute approximate surface area is 150 Å². The lowest BCUT2D eigenvalue weighted by Crippen LogP contribution is -2.23. The molecule has 0 aliphatic rings. The van der Waals surface area contributed by atoms with Crippen LogP contribution in [0, 0.1) is 5.82 Å². The van der Waals surface area contributed by atoms with Crippen molar-refractivity contribution in [2.75, 3.05) is 6.26 Å². The molecule has 0 aliphatic heterocycles. The van der Waals surface area contributed by atoms with E-state index in [9.17, 15) is 9.18 Å². The van der Waals surface area contributed by atoms with Gasteiger partial charge in [0, 0.05) is 23.8 Å². The van der Waals surface area contributed by atoms with Crippen LogP contribution >= 0.6 is 11.8 Å². The summed E-state index contributed by atoms with van der Waals surface area (Å²) in [5.41, 5.74) is 3.15. The van der Waals surface area contributed by atoms with E-state index in [2.05, 4.69) is 10.3 Å². The first-order valence-electron chi connectivity index (χ1n) is 7.78. The second-order valence-corrected chi connectivity index (χ2v) is 6.34. The molecule has 0 saturated heterocycles. The summed E-state index contributed by atoms with van der Waals surface area (Å²) in [5.74, 6) is -0.468. The summed E-state index contributed by atoms with van der Waals surface area (Å²) in [5, 5.41) is 2.90. The van der Waals surface area contributed by atoms with Crippen molar-refractivity contribution in [3.63, 3.8) is 0 Å². The van der Waals surface area contributed by atoms with Crippen molar-refractivity contribution in [3.05, 3.63) is 83.9 Å². The van der Waals surface area contributed by atoms with E-state index >= 15 is 0 Å². The van der Waals surface area contributed by atoms with Gasteiger partial charge < -0.3 is 5.32 Å². The van der Waals surface area contributed by atoms with Crippen molar-refractivity contribution >= 4 is 17.7 Å². The Hall–Kier alpha value is -2.66. The summed E-state index contributed by atoms with van der Waals surface area (Å²) in [7, 11) is 0. The van der Waals surface area contributed by atoms with E-state index < -0.39 is 0 Å². The van der Waals surface area contributed by atoms with Gasteiger partial charge in [-0.2, -0.15) is 0 Å². The number of aromatic nitrogens is 1. The van der Waals surface area contributed by atoms with Gasteiger partial charge >= 0.3 is 0 Å². The van der Waals surface area contributed by atoms with Crippen LogP contribution in [0.25, 0.3) is 11.1 Å². The molecule has 126 valence electrons. The minimum absolute atomic E-state index is 0.188. The average molecular weight is 352 g/mol. The van der Waals surface area contributed by atoms with Crippen molar-refractivity contribution in [3.8, 4) is 11.1 Å². The minimum atomic E-state index is -0.280. The van der Waals surface area contributed by atoms with Crippen LogP contribution in [0.3, 0.4) is 0 Å². The fourth-order valence-electron chi connectivity index (χ4n) is 2.54. The summed E-state index contributed by atoms with van der Waals surface area (Å²) < 4.78 is 13.6. The van der Waals surface area contributed by atoms with Crippen LogP contribution in [0.2, 0.25) is 0 Å². The maximum Gasteiger partial charge on any atom is 0.253 e. The Morgan fingerprint density at radius 1 is 1.16 bits per heavy atom. The van der Waals surface area contributed by atoms with Crippen LogP contribution in [-0.2, 0) is 6.54 Å². The minimum Gasteiger partial charge on any atom is -0.348 e. The van der Waals surface area contributed by atoms with Crippen molar-refractivity contribution in [2.24, 2.45) is 0 Å². The second-order valence-electron chi connectivity index (χ2n) is 5.46. The Morgan fingerprint density at radius 2 is 2.04 bits per heavy atom. The molecule has 0 spiro atoms. The van der Waals surface area contributed by atoms with Crippen LogP contribution in [0.15, 0.2) is 71.9 Å².